The van der Waals surface area contributed by atoms with Crippen LogP contribution in [0.5, 0.6) is 0 Å². The third kappa shape index (κ3) is 3.27. The van der Waals surface area contributed by atoms with Crippen molar-refractivity contribution in [3.8, 4) is 0 Å². The summed E-state index contributed by atoms with van der Waals surface area (Å²) in [6.45, 7) is 5.52. The van der Waals surface area contributed by atoms with Gasteiger partial charge in [-0.3, -0.25) is 4.79 Å². The summed E-state index contributed by atoms with van der Waals surface area (Å²) >= 11 is 0. The van der Waals surface area contributed by atoms with Gasteiger partial charge in [0.15, 0.2) is 0 Å². The van der Waals surface area contributed by atoms with Gasteiger partial charge in [0.05, 0.1) is 0 Å². The van der Waals surface area contributed by atoms with Gasteiger partial charge >= 0.3 is 0 Å². The Balaban J connectivity index is 2.29. The quantitative estimate of drug-likeness (QED) is 0.807. The highest BCUT2D eigenvalue weighted by molar-refractivity contribution is 5.95. The zero-order valence-corrected chi connectivity index (χ0v) is 12.2. The number of carbonyl (C=O) groups is 1. The molecule has 0 saturated heterocycles. The minimum absolute atomic E-state index is 0.126. The summed E-state index contributed by atoms with van der Waals surface area (Å²) < 4.78 is 0. The van der Waals surface area contributed by atoms with Crippen molar-refractivity contribution in [2.45, 2.75) is 20.3 Å². The van der Waals surface area contributed by atoms with E-state index in [0.29, 0.717) is 0 Å². The van der Waals surface area contributed by atoms with Crippen molar-refractivity contribution in [1.29, 1.82) is 0 Å². The smallest absolute Gasteiger partial charge is 0.254 e. The van der Waals surface area contributed by atoms with Crippen molar-refractivity contribution in [2.75, 3.05) is 13.1 Å². The van der Waals surface area contributed by atoms with E-state index in [1.807, 2.05) is 61.2 Å². The van der Waals surface area contributed by atoms with E-state index in [0.717, 1.165) is 30.6 Å². The van der Waals surface area contributed by atoms with Gasteiger partial charge in [-0.05, 0) is 37.5 Å². The molecule has 20 heavy (non-hydrogen) atoms. The van der Waals surface area contributed by atoms with Crippen molar-refractivity contribution in [3.05, 3.63) is 71.3 Å². The van der Waals surface area contributed by atoms with Crippen LogP contribution in [0.1, 0.15) is 35.3 Å². The van der Waals surface area contributed by atoms with Crippen LogP contribution in [0.25, 0.3) is 0 Å². The van der Waals surface area contributed by atoms with Crippen LogP contribution >= 0.6 is 0 Å². The Morgan fingerprint density at radius 3 is 2.15 bits per heavy atom. The van der Waals surface area contributed by atoms with Crippen LogP contribution in [0, 0.1) is 0 Å². The van der Waals surface area contributed by atoms with Gasteiger partial charge in [-0.2, -0.15) is 0 Å². The van der Waals surface area contributed by atoms with E-state index in [4.69, 9.17) is 0 Å². The second-order valence-electron chi connectivity index (χ2n) is 4.80. The molecule has 2 rings (SSSR count). The number of nitrogens with zero attached hydrogens (tertiary/aromatic N) is 1. The first kappa shape index (κ1) is 14.3. The van der Waals surface area contributed by atoms with Gasteiger partial charge in [0.1, 0.15) is 0 Å². The summed E-state index contributed by atoms with van der Waals surface area (Å²) in [7, 11) is 0. The third-order valence-electron chi connectivity index (χ3n) is 3.54. The van der Waals surface area contributed by atoms with Crippen LogP contribution < -0.4 is 0 Å². The second-order valence-corrected chi connectivity index (χ2v) is 4.80. The molecule has 2 aromatic carbocycles. The van der Waals surface area contributed by atoms with E-state index in [9.17, 15) is 4.79 Å². The monoisotopic (exact) mass is 267 g/mol. The molecular weight excluding hydrogens is 246 g/mol. The molecule has 0 N–H and O–H groups in total. The molecule has 0 bridgehead atoms. The number of amides is 1. The molecular formula is C18H21NO. The molecule has 0 fully saturated rings. The Hall–Kier alpha value is -2.09. The predicted octanol–water partition coefficient (Wildman–Crippen LogP) is 3.76. The SMILES string of the molecule is CCN(CC)C(=O)c1ccccc1Cc1ccccc1. The fourth-order valence-electron chi connectivity index (χ4n) is 2.38. The Morgan fingerprint density at radius 1 is 0.900 bits per heavy atom. The Labute approximate surface area is 121 Å². The number of hydrogen-bond acceptors (Lipinski definition) is 1. The summed E-state index contributed by atoms with van der Waals surface area (Å²) in [4.78, 5) is 14.4. The summed E-state index contributed by atoms with van der Waals surface area (Å²) in [6, 6.07) is 18.2. The fraction of sp³-hybridized carbons (Fsp3) is 0.278. The molecule has 2 aromatic rings. The number of rotatable bonds is 5. The highest BCUT2D eigenvalue weighted by atomic mass is 16.2. The molecule has 104 valence electrons. The fourth-order valence-corrected chi connectivity index (χ4v) is 2.38. The van der Waals surface area contributed by atoms with E-state index in [1.165, 1.54) is 5.56 Å². The predicted molar refractivity (Wildman–Crippen MR) is 82.9 cm³/mol. The molecule has 2 heteroatoms. The average Bonchev–Trinajstić information content (AvgIpc) is 2.50. The normalized spacial score (nSPS) is 10.3. The van der Waals surface area contributed by atoms with Gasteiger partial charge in [-0.1, -0.05) is 48.5 Å². The maximum absolute atomic E-state index is 12.5. The molecule has 0 aliphatic carbocycles. The molecule has 0 aromatic heterocycles. The molecule has 0 aliphatic heterocycles. The molecule has 0 atom stereocenters. The number of carbonyl (C=O) groups excluding carboxylic acids is 1. The van der Waals surface area contributed by atoms with Crippen LogP contribution in [0.3, 0.4) is 0 Å². The van der Waals surface area contributed by atoms with E-state index in [-0.39, 0.29) is 5.91 Å². The van der Waals surface area contributed by atoms with Gasteiger partial charge in [0.2, 0.25) is 0 Å². The van der Waals surface area contributed by atoms with Gasteiger partial charge in [0.25, 0.3) is 5.91 Å². The van der Waals surface area contributed by atoms with Crippen LogP contribution in [0.4, 0.5) is 0 Å². The molecule has 0 heterocycles. The van der Waals surface area contributed by atoms with E-state index in [2.05, 4.69) is 12.1 Å². The summed E-state index contributed by atoms with van der Waals surface area (Å²) in [5.41, 5.74) is 3.14. The molecule has 0 spiro atoms. The van der Waals surface area contributed by atoms with Crippen molar-refractivity contribution >= 4 is 5.91 Å². The van der Waals surface area contributed by atoms with Crippen LogP contribution in [-0.2, 0) is 6.42 Å². The van der Waals surface area contributed by atoms with E-state index < -0.39 is 0 Å². The Bertz CT molecular complexity index is 559. The lowest BCUT2D eigenvalue weighted by atomic mass is 9.99. The first-order valence-electron chi connectivity index (χ1n) is 7.17. The molecule has 0 radical (unpaired) electrons. The number of hydrogen-bond donors (Lipinski definition) is 0. The average molecular weight is 267 g/mol. The topological polar surface area (TPSA) is 20.3 Å². The summed E-state index contributed by atoms with van der Waals surface area (Å²) in [5.74, 6) is 0.126. The van der Waals surface area contributed by atoms with Crippen LogP contribution in [-0.4, -0.2) is 23.9 Å². The minimum atomic E-state index is 0.126. The third-order valence-corrected chi connectivity index (χ3v) is 3.54. The molecule has 0 saturated carbocycles. The van der Waals surface area contributed by atoms with Crippen molar-refractivity contribution in [1.82, 2.24) is 4.90 Å². The zero-order chi connectivity index (χ0) is 14.4. The maximum atomic E-state index is 12.5. The largest absolute Gasteiger partial charge is 0.339 e. The Morgan fingerprint density at radius 2 is 1.50 bits per heavy atom. The van der Waals surface area contributed by atoms with Crippen LogP contribution in [0.15, 0.2) is 54.6 Å². The lowest BCUT2D eigenvalue weighted by Gasteiger charge is -2.20. The zero-order valence-electron chi connectivity index (χ0n) is 12.2. The van der Waals surface area contributed by atoms with Gasteiger partial charge in [0, 0.05) is 18.7 Å². The van der Waals surface area contributed by atoms with Gasteiger partial charge < -0.3 is 4.90 Å². The minimum Gasteiger partial charge on any atom is -0.339 e. The van der Waals surface area contributed by atoms with Crippen molar-refractivity contribution in [2.24, 2.45) is 0 Å². The first-order chi connectivity index (χ1) is 9.76. The van der Waals surface area contributed by atoms with Gasteiger partial charge in [-0.25, -0.2) is 0 Å². The van der Waals surface area contributed by atoms with Crippen molar-refractivity contribution < 1.29 is 4.79 Å². The maximum Gasteiger partial charge on any atom is 0.254 e. The Kier molecular flexibility index (Phi) is 4.94. The highest BCUT2D eigenvalue weighted by Gasteiger charge is 2.15. The second kappa shape index (κ2) is 6.90. The summed E-state index contributed by atoms with van der Waals surface area (Å²) in [5, 5.41) is 0. The van der Waals surface area contributed by atoms with E-state index >= 15 is 0 Å². The highest BCUT2D eigenvalue weighted by Crippen LogP contribution is 2.16. The first-order valence-corrected chi connectivity index (χ1v) is 7.17. The molecule has 0 unspecified atom stereocenters. The van der Waals surface area contributed by atoms with E-state index in [1.54, 1.807) is 0 Å². The van der Waals surface area contributed by atoms with Crippen LogP contribution in [0.2, 0.25) is 0 Å². The lowest BCUT2D eigenvalue weighted by Crippen LogP contribution is -2.31. The van der Waals surface area contributed by atoms with Gasteiger partial charge in [-0.15, -0.1) is 0 Å². The van der Waals surface area contributed by atoms with Crippen molar-refractivity contribution in [3.63, 3.8) is 0 Å². The summed E-state index contributed by atoms with van der Waals surface area (Å²) in [6.07, 6.45) is 0.796. The molecule has 1 amide bonds. The lowest BCUT2D eigenvalue weighted by molar-refractivity contribution is 0.0772. The number of benzene rings is 2. The standard InChI is InChI=1S/C18H21NO/c1-3-19(4-2)18(20)17-13-9-8-12-16(17)14-15-10-6-5-7-11-15/h5-13H,3-4,14H2,1-2H3. The molecule has 0 aliphatic rings. The molecule has 2 nitrogen and oxygen atoms in total.